The molecule has 0 aliphatic heterocycles. The second kappa shape index (κ2) is 6.57. The first-order valence-corrected chi connectivity index (χ1v) is 8.35. The van der Waals surface area contributed by atoms with E-state index in [9.17, 15) is 0 Å². The maximum absolute atomic E-state index is 5.44. The van der Waals surface area contributed by atoms with Crippen LogP contribution in [0.2, 0.25) is 0 Å². The highest BCUT2D eigenvalue weighted by Crippen LogP contribution is 2.31. The van der Waals surface area contributed by atoms with Crippen LogP contribution in [0.5, 0.6) is 0 Å². The van der Waals surface area contributed by atoms with Crippen molar-refractivity contribution in [3.63, 3.8) is 0 Å². The fraction of sp³-hybridized carbons (Fsp3) is 0.389. The molecule has 0 amide bonds. The van der Waals surface area contributed by atoms with Gasteiger partial charge in [0.25, 0.3) is 5.89 Å². The van der Waals surface area contributed by atoms with Crippen molar-refractivity contribution in [3.05, 3.63) is 47.4 Å². The van der Waals surface area contributed by atoms with E-state index in [4.69, 9.17) is 14.4 Å². The van der Waals surface area contributed by atoms with Crippen LogP contribution < -0.4 is 0 Å². The predicted molar refractivity (Wildman–Crippen MR) is 88.8 cm³/mol. The SMILES string of the molecule is COCc1noc(-c2nn(-c3ccccc3)c3c2CCCCC3)n1. The zero-order valence-corrected chi connectivity index (χ0v) is 13.7. The van der Waals surface area contributed by atoms with Crippen molar-refractivity contribution in [2.45, 2.75) is 38.7 Å². The number of hydrogen-bond donors (Lipinski definition) is 0. The molecule has 0 atom stereocenters. The highest BCUT2D eigenvalue weighted by atomic mass is 16.5. The fourth-order valence-electron chi connectivity index (χ4n) is 3.27. The van der Waals surface area contributed by atoms with Crippen LogP contribution in [0.4, 0.5) is 0 Å². The third-order valence-electron chi connectivity index (χ3n) is 4.38. The van der Waals surface area contributed by atoms with Crippen LogP contribution in [0.25, 0.3) is 17.3 Å². The lowest BCUT2D eigenvalue weighted by molar-refractivity contribution is 0.174. The molecule has 4 rings (SSSR count). The Morgan fingerprint density at radius 1 is 1.12 bits per heavy atom. The summed E-state index contributed by atoms with van der Waals surface area (Å²) >= 11 is 0. The zero-order valence-electron chi connectivity index (χ0n) is 13.7. The van der Waals surface area contributed by atoms with Gasteiger partial charge in [-0.2, -0.15) is 10.1 Å². The van der Waals surface area contributed by atoms with Gasteiger partial charge in [-0.1, -0.05) is 29.8 Å². The summed E-state index contributed by atoms with van der Waals surface area (Å²) in [5.74, 6) is 1.03. The number of para-hydroxylation sites is 1. The van der Waals surface area contributed by atoms with Crippen molar-refractivity contribution < 1.29 is 9.26 Å². The quantitative estimate of drug-likeness (QED) is 0.689. The molecule has 6 heteroatoms. The molecule has 0 fully saturated rings. The van der Waals surface area contributed by atoms with Gasteiger partial charge in [0.1, 0.15) is 6.61 Å². The molecule has 6 nitrogen and oxygen atoms in total. The highest BCUT2D eigenvalue weighted by molar-refractivity contribution is 5.57. The van der Waals surface area contributed by atoms with E-state index < -0.39 is 0 Å². The molecular formula is C18H20N4O2. The normalized spacial score (nSPS) is 14.4. The summed E-state index contributed by atoms with van der Waals surface area (Å²) in [5.41, 5.74) is 4.38. The summed E-state index contributed by atoms with van der Waals surface area (Å²) in [7, 11) is 1.62. The molecule has 1 aliphatic carbocycles. The van der Waals surface area contributed by atoms with E-state index >= 15 is 0 Å². The molecule has 0 N–H and O–H groups in total. The molecule has 124 valence electrons. The van der Waals surface area contributed by atoms with Crippen LogP contribution in [0.1, 0.15) is 36.3 Å². The number of benzene rings is 1. The smallest absolute Gasteiger partial charge is 0.278 e. The Bertz CT molecular complexity index is 823. The van der Waals surface area contributed by atoms with Crippen molar-refractivity contribution in [2.75, 3.05) is 7.11 Å². The Balaban J connectivity index is 1.83. The summed E-state index contributed by atoms with van der Waals surface area (Å²) in [6.45, 7) is 0.338. The lowest BCUT2D eigenvalue weighted by atomic mass is 10.1. The molecule has 0 saturated heterocycles. The number of nitrogens with zero attached hydrogens (tertiary/aromatic N) is 4. The molecule has 1 aromatic carbocycles. The molecule has 0 unspecified atom stereocenters. The van der Waals surface area contributed by atoms with Gasteiger partial charge >= 0.3 is 0 Å². The van der Waals surface area contributed by atoms with Gasteiger partial charge < -0.3 is 9.26 Å². The van der Waals surface area contributed by atoms with Crippen LogP contribution in [-0.4, -0.2) is 27.0 Å². The Kier molecular flexibility index (Phi) is 4.13. The van der Waals surface area contributed by atoms with Gasteiger partial charge in [-0.15, -0.1) is 0 Å². The molecule has 3 aromatic rings. The summed E-state index contributed by atoms with van der Waals surface area (Å²) in [6, 6.07) is 10.2. The van der Waals surface area contributed by atoms with Crippen molar-refractivity contribution in [3.8, 4) is 17.3 Å². The van der Waals surface area contributed by atoms with E-state index in [1.807, 2.05) is 22.9 Å². The van der Waals surface area contributed by atoms with Gasteiger partial charge in [0.15, 0.2) is 11.5 Å². The highest BCUT2D eigenvalue weighted by Gasteiger charge is 2.24. The van der Waals surface area contributed by atoms with Gasteiger partial charge in [0.05, 0.1) is 5.69 Å². The van der Waals surface area contributed by atoms with Crippen LogP contribution in [-0.2, 0) is 24.2 Å². The van der Waals surface area contributed by atoms with E-state index in [1.165, 1.54) is 30.5 Å². The summed E-state index contributed by atoms with van der Waals surface area (Å²) in [5, 5.41) is 8.80. The molecule has 1 aliphatic rings. The Morgan fingerprint density at radius 3 is 2.79 bits per heavy atom. The van der Waals surface area contributed by atoms with Gasteiger partial charge in [0.2, 0.25) is 0 Å². The number of rotatable bonds is 4. The van der Waals surface area contributed by atoms with Gasteiger partial charge in [-0.05, 0) is 37.8 Å². The van der Waals surface area contributed by atoms with Crippen LogP contribution >= 0.6 is 0 Å². The van der Waals surface area contributed by atoms with Crippen LogP contribution in [0.3, 0.4) is 0 Å². The first kappa shape index (κ1) is 15.1. The number of fused-ring (bicyclic) bond motifs is 1. The van der Waals surface area contributed by atoms with Crippen molar-refractivity contribution in [2.24, 2.45) is 0 Å². The molecule has 24 heavy (non-hydrogen) atoms. The number of ether oxygens (including phenoxy) is 1. The van der Waals surface area contributed by atoms with Crippen molar-refractivity contribution in [1.82, 2.24) is 19.9 Å². The lowest BCUT2D eigenvalue weighted by Gasteiger charge is -2.06. The largest absolute Gasteiger partial charge is 0.377 e. The van der Waals surface area contributed by atoms with E-state index in [0.717, 1.165) is 24.2 Å². The standard InChI is InChI=1S/C18H20N4O2/c1-23-12-16-19-18(24-21-16)17-14-10-6-3-7-11-15(14)22(20-17)13-8-4-2-5-9-13/h2,4-5,8-9H,3,6-7,10-12H2,1H3. The molecule has 2 heterocycles. The number of aromatic nitrogens is 4. The molecule has 0 spiro atoms. The average Bonchev–Trinajstić information content (AvgIpc) is 3.13. The maximum atomic E-state index is 5.44. The monoisotopic (exact) mass is 324 g/mol. The Hall–Kier alpha value is -2.47. The Morgan fingerprint density at radius 2 is 1.96 bits per heavy atom. The first-order valence-electron chi connectivity index (χ1n) is 8.35. The minimum Gasteiger partial charge on any atom is -0.377 e. The molecule has 0 bridgehead atoms. The first-order chi connectivity index (χ1) is 11.9. The second-order valence-electron chi connectivity index (χ2n) is 6.03. The van der Waals surface area contributed by atoms with Crippen LogP contribution in [0.15, 0.2) is 34.9 Å². The molecule has 2 aromatic heterocycles. The number of hydrogen-bond acceptors (Lipinski definition) is 5. The number of methoxy groups -OCH3 is 1. The molecule has 0 saturated carbocycles. The van der Waals surface area contributed by atoms with E-state index in [2.05, 4.69) is 22.3 Å². The topological polar surface area (TPSA) is 66.0 Å². The summed E-state index contributed by atoms with van der Waals surface area (Å²) < 4.78 is 12.6. The summed E-state index contributed by atoms with van der Waals surface area (Å²) in [4.78, 5) is 4.44. The molecule has 0 radical (unpaired) electrons. The second-order valence-corrected chi connectivity index (χ2v) is 6.03. The van der Waals surface area contributed by atoms with E-state index in [1.54, 1.807) is 7.11 Å². The summed E-state index contributed by atoms with van der Waals surface area (Å²) in [6.07, 6.45) is 5.61. The third-order valence-corrected chi connectivity index (χ3v) is 4.38. The van der Waals surface area contributed by atoms with Crippen molar-refractivity contribution >= 4 is 0 Å². The Labute approximate surface area is 140 Å². The van der Waals surface area contributed by atoms with E-state index in [0.29, 0.717) is 18.3 Å². The van der Waals surface area contributed by atoms with Gasteiger partial charge in [0, 0.05) is 18.4 Å². The van der Waals surface area contributed by atoms with Gasteiger partial charge in [-0.25, -0.2) is 4.68 Å². The van der Waals surface area contributed by atoms with Crippen LogP contribution in [0, 0.1) is 0 Å². The van der Waals surface area contributed by atoms with E-state index in [-0.39, 0.29) is 0 Å². The third kappa shape index (κ3) is 2.73. The minimum atomic E-state index is 0.338. The zero-order chi connectivity index (χ0) is 16.4. The van der Waals surface area contributed by atoms with Crippen molar-refractivity contribution in [1.29, 1.82) is 0 Å². The maximum Gasteiger partial charge on any atom is 0.278 e. The van der Waals surface area contributed by atoms with Gasteiger partial charge in [-0.3, -0.25) is 0 Å². The predicted octanol–water partition coefficient (Wildman–Crippen LogP) is 3.34. The minimum absolute atomic E-state index is 0.338. The lowest BCUT2D eigenvalue weighted by Crippen LogP contribution is -2.02. The molecular weight excluding hydrogens is 304 g/mol. The fourth-order valence-corrected chi connectivity index (χ4v) is 3.27. The average molecular weight is 324 g/mol.